The van der Waals surface area contributed by atoms with Gasteiger partial charge in [-0.15, -0.1) is 0 Å². The largest absolute Gasteiger partial charge is 0.375 e. The van der Waals surface area contributed by atoms with Crippen molar-refractivity contribution < 1.29 is 9.53 Å². The van der Waals surface area contributed by atoms with E-state index in [1.807, 2.05) is 19.9 Å². The van der Waals surface area contributed by atoms with Crippen LogP contribution in [0.5, 0.6) is 0 Å². The summed E-state index contributed by atoms with van der Waals surface area (Å²) in [6.07, 6.45) is 4.80. The minimum absolute atomic E-state index is 0.00620. The fourth-order valence-corrected chi connectivity index (χ4v) is 2.47. The van der Waals surface area contributed by atoms with E-state index in [0.717, 1.165) is 31.4 Å². The van der Waals surface area contributed by atoms with Crippen molar-refractivity contribution in [3.05, 3.63) is 17.6 Å². The Morgan fingerprint density at radius 2 is 2.25 bits per heavy atom. The van der Waals surface area contributed by atoms with Gasteiger partial charge in [0.25, 0.3) is 0 Å². The summed E-state index contributed by atoms with van der Waals surface area (Å²) in [6, 6.07) is 1.83. The average Bonchev–Trinajstić information content (AvgIpc) is 2.81. The van der Waals surface area contributed by atoms with E-state index in [-0.39, 0.29) is 12.0 Å². The molecule has 1 amide bonds. The number of hydrogen-bond acceptors (Lipinski definition) is 4. The van der Waals surface area contributed by atoms with Crippen molar-refractivity contribution in [1.82, 2.24) is 9.97 Å². The first-order valence-electron chi connectivity index (χ1n) is 7.36. The smallest absolute Gasteiger partial charge is 0.225 e. The predicted octanol–water partition coefficient (Wildman–Crippen LogP) is 2.63. The van der Waals surface area contributed by atoms with Crippen LogP contribution >= 0.6 is 0 Å². The monoisotopic (exact) mass is 277 g/mol. The number of amides is 1. The topological polar surface area (TPSA) is 64.1 Å². The van der Waals surface area contributed by atoms with Gasteiger partial charge in [-0.1, -0.05) is 6.92 Å². The van der Waals surface area contributed by atoms with Crippen LogP contribution in [0, 0.1) is 6.92 Å². The number of aromatic nitrogens is 2. The van der Waals surface area contributed by atoms with E-state index < -0.39 is 0 Å². The molecule has 1 N–H and O–H groups in total. The van der Waals surface area contributed by atoms with Gasteiger partial charge in [0.1, 0.15) is 11.6 Å². The fourth-order valence-electron chi connectivity index (χ4n) is 2.47. The molecule has 5 nitrogen and oxygen atoms in total. The molecule has 2 atom stereocenters. The number of aryl methyl sites for hydroxylation is 2. The Bertz CT molecular complexity index is 476. The molecule has 1 aliphatic heterocycles. The van der Waals surface area contributed by atoms with Gasteiger partial charge in [-0.25, -0.2) is 9.97 Å². The molecule has 0 aliphatic carbocycles. The zero-order valence-electron chi connectivity index (χ0n) is 12.5. The molecule has 1 saturated heterocycles. The molecular weight excluding hydrogens is 254 g/mol. The lowest BCUT2D eigenvalue weighted by Gasteiger charge is -2.11. The molecule has 1 fully saturated rings. The second kappa shape index (κ2) is 6.79. The van der Waals surface area contributed by atoms with Crippen LogP contribution in [0.15, 0.2) is 6.07 Å². The number of carbonyl (C=O) groups is 1. The molecule has 0 radical (unpaired) electrons. The van der Waals surface area contributed by atoms with Gasteiger partial charge in [-0.3, -0.25) is 4.79 Å². The maximum Gasteiger partial charge on any atom is 0.225 e. The Morgan fingerprint density at radius 1 is 1.45 bits per heavy atom. The lowest BCUT2D eigenvalue weighted by Crippen LogP contribution is -2.17. The van der Waals surface area contributed by atoms with E-state index in [2.05, 4.69) is 22.2 Å². The molecule has 0 spiro atoms. The third kappa shape index (κ3) is 4.27. The van der Waals surface area contributed by atoms with E-state index in [1.54, 1.807) is 0 Å². The van der Waals surface area contributed by atoms with Crippen molar-refractivity contribution in [2.75, 3.05) is 5.32 Å². The van der Waals surface area contributed by atoms with Gasteiger partial charge in [0.15, 0.2) is 0 Å². The standard InChI is InChI=1S/C15H23N3O2/c1-4-12-9-14(17-11(3)16-12)18-15(19)8-7-13-6-5-10(2)20-13/h9-10,13H,4-8H2,1-3H3,(H,16,17,18,19)/t10-,13+/m0/s1. The molecule has 5 heteroatoms. The molecule has 0 saturated carbocycles. The van der Waals surface area contributed by atoms with Crippen molar-refractivity contribution in [2.24, 2.45) is 0 Å². The molecule has 0 aromatic carbocycles. The molecule has 0 unspecified atom stereocenters. The van der Waals surface area contributed by atoms with Crippen LogP contribution in [0.1, 0.15) is 51.0 Å². The summed E-state index contributed by atoms with van der Waals surface area (Å²) >= 11 is 0. The first kappa shape index (κ1) is 14.9. The van der Waals surface area contributed by atoms with Crippen molar-refractivity contribution >= 4 is 11.7 Å². The second-order valence-electron chi connectivity index (χ2n) is 5.38. The molecule has 20 heavy (non-hydrogen) atoms. The van der Waals surface area contributed by atoms with Crippen molar-refractivity contribution in [1.29, 1.82) is 0 Å². The molecule has 1 aliphatic rings. The molecule has 2 heterocycles. The third-order valence-electron chi connectivity index (χ3n) is 3.53. The van der Waals surface area contributed by atoms with Gasteiger partial charge < -0.3 is 10.1 Å². The fraction of sp³-hybridized carbons (Fsp3) is 0.667. The first-order valence-corrected chi connectivity index (χ1v) is 7.36. The van der Waals surface area contributed by atoms with Crippen LogP contribution in [0.25, 0.3) is 0 Å². The number of anilines is 1. The van der Waals surface area contributed by atoms with E-state index >= 15 is 0 Å². The predicted molar refractivity (Wildman–Crippen MR) is 77.6 cm³/mol. The van der Waals surface area contributed by atoms with Crippen LogP contribution < -0.4 is 5.32 Å². The number of nitrogens with zero attached hydrogens (tertiary/aromatic N) is 2. The van der Waals surface area contributed by atoms with E-state index in [0.29, 0.717) is 24.2 Å². The Labute approximate surface area is 120 Å². The summed E-state index contributed by atoms with van der Waals surface area (Å²) < 4.78 is 5.71. The Kier molecular flexibility index (Phi) is 5.06. The molecule has 2 rings (SSSR count). The third-order valence-corrected chi connectivity index (χ3v) is 3.53. The van der Waals surface area contributed by atoms with Crippen molar-refractivity contribution in [3.8, 4) is 0 Å². The van der Waals surface area contributed by atoms with Crippen LogP contribution in [0.4, 0.5) is 5.82 Å². The zero-order valence-corrected chi connectivity index (χ0v) is 12.5. The summed E-state index contributed by atoms with van der Waals surface area (Å²) in [4.78, 5) is 20.5. The maximum atomic E-state index is 11.9. The van der Waals surface area contributed by atoms with Crippen LogP contribution in [0.3, 0.4) is 0 Å². The first-order chi connectivity index (χ1) is 9.56. The highest BCUT2D eigenvalue weighted by Crippen LogP contribution is 2.22. The van der Waals surface area contributed by atoms with Crippen LogP contribution in [-0.4, -0.2) is 28.1 Å². The van der Waals surface area contributed by atoms with Gasteiger partial charge in [0, 0.05) is 18.2 Å². The summed E-state index contributed by atoms with van der Waals surface area (Å²) in [5.74, 6) is 1.28. The lowest BCUT2D eigenvalue weighted by molar-refractivity contribution is -0.116. The quantitative estimate of drug-likeness (QED) is 0.898. The summed E-state index contributed by atoms with van der Waals surface area (Å²) in [7, 11) is 0. The van der Waals surface area contributed by atoms with Crippen molar-refractivity contribution in [2.45, 2.75) is 65.1 Å². The van der Waals surface area contributed by atoms with Gasteiger partial charge in [0.2, 0.25) is 5.91 Å². The summed E-state index contributed by atoms with van der Waals surface area (Å²) in [5.41, 5.74) is 0.945. The molecular formula is C15H23N3O2. The molecule has 1 aromatic heterocycles. The Hall–Kier alpha value is -1.49. The Balaban J connectivity index is 1.83. The SMILES string of the molecule is CCc1cc(NC(=O)CC[C@H]2CC[C@H](C)O2)nc(C)n1. The normalized spacial score (nSPS) is 21.9. The van der Waals surface area contributed by atoms with Gasteiger partial charge in [-0.2, -0.15) is 0 Å². The highest BCUT2D eigenvalue weighted by molar-refractivity contribution is 5.89. The minimum Gasteiger partial charge on any atom is -0.375 e. The maximum absolute atomic E-state index is 11.9. The van der Waals surface area contributed by atoms with Crippen LogP contribution in [0.2, 0.25) is 0 Å². The zero-order chi connectivity index (χ0) is 14.5. The van der Waals surface area contributed by atoms with E-state index in [1.165, 1.54) is 0 Å². The number of rotatable bonds is 5. The highest BCUT2D eigenvalue weighted by Gasteiger charge is 2.22. The van der Waals surface area contributed by atoms with Gasteiger partial charge in [-0.05, 0) is 39.5 Å². The minimum atomic E-state index is -0.00620. The molecule has 0 bridgehead atoms. The second-order valence-corrected chi connectivity index (χ2v) is 5.38. The summed E-state index contributed by atoms with van der Waals surface area (Å²) in [5, 5.41) is 2.85. The van der Waals surface area contributed by atoms with Crippen molar-refractivity contribution in [3.63, 3.8) is 0 Å². The molecule has 1 aromatic rings. The number of carbonyl (C=O) groups excluding carboxylic acids is 1. The lowest BCUT2D eigenvalue weighted by atomic mass is 10.1. The van der Waals surface area contributed by atoms with Gasteiger partial charge in [0.05, 0.1) is 12.2 Å². The summed E-state index contributed by atoms with van der Waals surface area (Å²) in [6.45, 7) is 5.95. The van der Waals surface area contributed by atoms with E-state index in [4.69, 9.17) is 4.74 Å². The van der Waals surface area contributed by atoms with Crippen LogP contribution in [-0.2, 0) is 16.0 Å². The average molecular weight is 277 g/mol. The van der Waals surface area contributed by atoms with E-state index in [9.17, 15) is 4.79 Å². The van der Waals surface area contributed by atoms with Gasteiger partial charge >= 0.3 is 0 Å². The number of ether oxygens (including phenoxy) is 1. The molecule has 110 valence electrons. The number of hydrogen-bond donors (Lipinski definition) is 1. The Morgan fingerprint density at radius 3 is 2.90 bits per heavy atom. The highest BCUT2D eigenvalue weighted by atomic mass is 16.5. The number of nitrogens with one attached hydrogen (secondary N) is 1.